The summed E-state index contributed by atoms with van der Waals surface area (Å²) in [5.41, 5.74) is 0.810. The second-order valence-corrected chi connectivity index (χ2v) is 3.87. The van der Waals surface area contributed by atoms with Crippen molar-refractivity contribution in [2.24, 2.45) is 0 Å². The zero-order chi connectivity index (χ0) is 13.0. The number of hydrogen-bond acceptors (Lipinski definition) is 4. The number of carboxylic acid groups (broad SMARTS) is 1. The topological polar surface area (TPSA) is 84.9 Å². The van der Waals surface area contributed by atoms with E-state index in [-0.39, 0.29) is 6.42 Å². The zero-order valence-electron chi connectivity index (χ0n) is 9.59. The van der Waals surface area contributed by atoms with Crippen molar-refractivity contribution in [3.05, 3.63) is 23.8 Å². The van der Waals surface area contributed by atoms with Gasteiger partial charge >= 0.3 is 6.09 Å². The second-order valence-electron chi connectivity index (χ2n) is 3.87. The molecule has 96 valence electrons. The van der Waals surface area contributed by atoms with Crippen LogP contribution in [0.1, 0.15) is 5.56 Å². The van der Waals surface area contributed by atoms with Gasteiger partial charge in [0.05, 0.1) is 6.04 Å². The van der Waals surface area contributed by atoms with Crippen LogP contribution in [0.4, 0.5) is 4.79 Å². The van der Waals surface area contributed by atoms with Crippen LogP contribution >= 0.6 is 0 Å². The first-order valence-corrected chi connectivity index (χ1v) is 5.52. The summed E-state index contributed by atoms with van der Waals surface area (Å²) >= 11 is 0. The molecule has 1 aromatic carbocycles. The number of aldehydes is 1. The standard InChI is InChI=1S/C12H13NO5/c14-7-9(13-12(15)16)5-8-1-2-10-11(6-8)18-4-3-17-10/h1-2,6-7,9,13H,3-5H2,(H,15,16). The van der Waals surface area contributed by atoms with Gasteiger partial charge in [0.1, 0.15) is 19.5 Å². The largest absolute Gasteiger partial charge is 0.486 e. The quantitative estimate of drug-likeness (QED) is 0.774. The number of carbonyl (C=O) groups is 2. The molecule has 1 aromatic rings. The fraction of sp³-hybridized carbons (Fsp3) is 0.333. The Kier molecular flexibility index (Phi) is 3.66. The Morgan fingerprint density at radius 1 is 1.39 bits per heavy atom. The van der Waals surface area contributed by atoms with E-state index in [0.717, 1.165) is 5.56 Å². The van der Waals surface area contributed by atoms with E-state index >= 15 is 0 Å². The third-order valence-corrected chi connectivity index (χ3v) is 2.54. The molecule has 2 N–H and O–H groups in total. The van der Waals surface area contributed by atoms with Gasteiger partial charge in [-0.05, 0) is 24.1 Å². The Labute approximate surface area is 104 Å². The monoisotopic (exact) mass is 251 g/mol. The molecule has 1 amide bonds. The molecule has 1 unspecified atom stereocenters. The molecule has 1 heterocycles. The van der Waals surface area contributed by atoms with E-state index in [2.05, 4.69) is 5.32 Å². The average Bonchev–Trinajstić information content (AvgIpc) is 2.37. The van der Waals surface area contributed by atoms with Crippen LogP contribution in [0.25, 0.3) is 0 Å². The maximum Gasteiger partial charge on any atom is 0.405 e. The summed E-state index contributed by atoms with van der Waals surface area (Å²) in [6, 6.07) is 4.54. The van der Waals surface area contributed by atoms with E-state index in [1.54, 1.807) is 18.2 Å². The molecular formula is C12H13NO5. The maximum absolute atomic E-state index is 10.8. The van der Waals surface area contributed by atoms with Gasteiger partial charge in [-0.1, -0.05) is 6.07 Å². The molecule has 0 saturated carbocycles. The van der Waals surface area contributed by atoms with Crippen LogP contribution in [0.15, 0.2) is 18.2 Å². The molecule has 0 fully saturated rings. The highest BCUT2D eigenvalue weighted by molar-refractivity contribution is 5.71. The number of ether oxygens (including phenoxy) is 2. The molecule has 0 saturated heterocycles. The van der Waals surface area contributed by atoms with Gasteiger partial charge in [0, 0.05) is 0 Å². The summed E-state index contributed by atoms with van der Waals surface area (Å²) in [7, 11) is 0. The minimum Gasteiger partial charge on any atom is -0.486 e. The lowest BCUT2D eigenvalue weighted by atomic mass is 10.1. The molecule has 0 bridgehead atoms. The van der Waals surface area contributed by atoms with E-state index in [9.17, 15) is 9.59 Å². The molecule has 2 rings (SSSR count). The van der Waals surface area contributed by atoms with E-state index in [4.69, 9.17) is 14.6 Å². The molecular weight excluding hydrogens is 238 g/mol. The van der Waals surface area contributed by atoms with E-state index in [0.29, 0.717) is 31.0 Å². The molecule has 18 heavy (non-hydrogen) atoms. The lowest BCUT2D eigenvalue weighted by molar-refractivity contribution is -0.109. The first kappa shape index (κ1) is 12.2. The Morgan fingerprint density at radius 3 is 2.78 bits per heavy atom. The summed E-state index contributed by atoms with van der Waals surface area (Å²) in [4.78, 5) is 21.2. The molecule has 1 aliphatic rings. The van der Waals surface area contributed by atoms with Crippen molar-refractivity contribution in [2.75, 3.05) is 13.2 Å². The average molecular weight is 251 g/mol. The highest BCUT2D eigenvalue weighted by Crippen LogP contribution is 2.30. The number of rotatable bonds is 4. The predicted molar refractivity (Wildman–Crippen MR) is 62.1 cm³/mol. The number of benzene rings is 1. The Hall–Kier alpha value is -2.24. The van der Waals surface area contributed by atoms with Crippen LogP contribution < -0.4 is 14.8 Å². The van der Waals surface area contributed by atoms with Crippen molar-refractivity contribution < 1.29 is 24.2 Å². The first-order valence-electron chi connectivity index (χ1n) is 5.52. The van der Waals surface area contributed by atoms with Crippen molar-refractivity contribution >= 4 is 12.4 Å². The van der Waals surface area contributed by atoms with Crippen LogP contribution in [0.5, 0.6) is 11.5 Å². The lowest BCUT2D eigenvalue weighted by Gasteiger charge is -2.19. The summed E-state index contributed by atoms with van der Waals surface area (Å²) in [5, 5.41) is 10.7. The van der Waals surface area contributed by atoms with Gasteiger partial charge in [-0.3, -0.25) is 0 Å². The highest BCUT2D eigenvalue weighted by Gasteiger charge is 2.15. The molecule has 6 nitrogen and oxygen atoms in total. The van der Waals surface area contributed by atoms with Gasteiger partial charge in [0.25, 0.3) is 0 Å². The van der Waals surface area contributed by atoms with Crippen molar-refractivity contribution in [3.63, 3.8) is 0 Å². The molecule has 6 heteroatoms. The van der Waals surface area contributed by atoms with E-state index in [1.165, 1.54) is 0 Å². The van der Waals surface area contributed by atoms with Crippen LogP contribution in [0, 0.1) is 0 Å². The van der Waals surface area contributed by atoms with Crippen LogP contribution in [0.2, 0.25) is 0 Å². The zero-order valence-corrected chi connectivity index (χ0v) is 9.59. The van der Waals surface area contributed by atoms with Crippen molar-refractivity contribution in [3.8, 4) is 11.5 Å². The second kappa shape index (κ2) is 5.39. The molecule has 0 aliphatic carbocycles. The van der Waals surface area contributed by atoms with Gasteiger partial charge in [-0.2, -0.15) is 0 Å². The van der Waals surface area contributed by atoms with E-state index < -0.39 is 12.1 Å². The number of fused-ring (bicyclic) bond motifs is 1. The number of hydrogen-bond donors (Lipinski definition) is 2. The first-order chi connectivity index (χ1) is 8.69. The number of carbonyl (C=O) groups excluding carboxylic acids is 1. The van der Waals surface area contributed by atoms with Gasteiger partial charge in [-0.25, -0.2) is 4.79 Å². The van der Waals surface area contributed by atoms with Crippen LogP contribution in [-0.2, 0) is 11.2 Å². The molecule has 0 radical (unpaired) electrons. The van der Waals surface area contributed by atoms with Crippen molar-refractivity contribution in [2.45, 2.75) is 12.5 Å². The Balaban J connectivity index is 2.08. The number of amides is 1. The number of nitrogens with one attached hydrogen (secondary N) is 1. The third kappa shape index (κ3) is 2.91. The van der Waals surface area contributed by atoms with Gasteiger partial charge in [0.15, 0.2) is 11.5 Å². The minimum absolute atomic E-state index is 0.284. The fourth-order valence-electron chi connectivity index (χ4n) is 1.76. The summed E-state index contributed by atoms with van der Waals surface area (Å²) < 4.78 is 10.8. The summed E-state index contributed by atoms with van der Waals surface area (Å²) in [5.74, 6) is 1.29. The van der Waals surface area contributed by atoms with Crippen LogP contribution in [0.3, 0.4) is 0 Å². The molecule has 1 aliphatic heterocycles. The van der Waals surface area contributed by atoms with Gasteiger partial charge in [-0.15, -0.1) is 0 Å². The normalized spacial score (nSPS) is 14.7. The fourth-order valence-corrected chi connectivity index (χ4v) is 1.76. The summed E-state index contributed by atoms with van der Waals surface area (Å²) in [6.07, 6.45) is -0.359. The minimum atomic E-state index is -1.22. The molecule has 0 aromatic heterocycles. The van der Waals surface area contributed by atoms with Gasteiger partial charge < -0.3 is 24.7 Å². The SMILES string of the molecule is O=CC(Cc1ccc2c(c1)OCCO2)NC(=O)O. The third-order valence-electron chi connectivity index (χ3n) is 2.54. The smallest absolute Gasteiger partial charge is 0.405 e. The maximum atomic E-state index is 10.8. The predicted octanol–water partition coefficient (Wildman–Crippen LogP) is 0.835. The van der Waals surface area contributed by atoms with Crippen molar-refractivity contribution in [1.29, 1.82) is 0 Å². The lowest BCUT2D eigenvalue weighted by Crippen LogP contribution is -2.36. The molecule has 1 atom stereocenters. The van der Waals surface area contributed by atoms with Crippen molar-refractivity contribution in [1.82, 2.24) is 5.32 Å². The molecule has 0 spiro atoms. The van der Waals surface area contributed by atoms with Gasteiger partial charge in [0.2, 0.25) is 0 Å². The highest BCUT2D eigenvalue weighted by atomic mass is 16.6. The summed E-state index contributed by atoms with van der Waals surface area (Å²) in [6.45, 7) is 1.00. The van der Waals surface area contributed by atoms with Crippen LogP contribution in [-0.4, -0.2) is 36.7 Å². The van der Waals surface area contributed by atoms with E-state index in [1.807, 2.05) is 0 Å². The Morgan fingerprint density at radius 2 is 2.11 bits per heavy atom. The Bertz CT molecular complexity index is 460.